The van der Waals surface area contributed by atoms with E-state index in [0.717, 1.165) is 29.0 Å². The molecule has 1 heterocycles. The van der Waals surface area contributed by atoms with Gasteiger partial charge in [-0.1, -0.05) is 29.8 Å². The number of nitrogens with zero attached hydrogens (tertiary/aromatic N) is 1. The summed E-state index contributed by atoms with van der Waals surface area (Å²) in [6.07, 6.45) is 5.91. The molecule has 1 aliphatic rings. The minimum atomic E-state index is -0.0373. The van der Waals surface area contributed by atoms with Gasteiger partial charge < -0.3 is 4.74 Å². The van der Waals surface area contributed by atoms with Crippen LogP contribution in [0.4, 0.5) is 0 Å². The maximum atomic E-state index is 12.6. The van der Waals surface area contributed by atoms with Crippen LogP contribution in [0.25, 0.3) is 6.08 Å². The Kier molecular flexibility index (Phi) is 8.56. The lowest BCUT2D eigenvalue weighted by Crippen LogP contribution is -2.25. The minimum absolute atomic E-state index is 0. The first kappa shape index (κ1) is 22.5. The molecular formula is C23H27Cl2NO2. The summed E-state index contributed by atoms with van der Waals surface area (Å²) < 4.78 is 6.02. The largest absolute Gasteiger partial charge is 0.492 e. The third-order valence-electron chi connectivity index (χ3n) is 4.92. The molecule has 1 fully saturated rings. The summed E-state index contributed by atoms with van der Waals surface area (Å²) in [5.41, 5.74) is 3.49. The third-order valence-corrected chi connectivity index (χ3v) is 5.26. The Labute approximate surface area is 178 Å². The SMILES string of the molecule is Cc1cc(C(=O)C=Cc2ccccc2Cl)cc(C)c1OCCN1CCCC1.Cl. The van der Waals surface area contributed by atoms with E-state index in [1.54, 1.807) is 12.2 Å². The first-order valence-corrected chi connectivity index (χ1v) is 9.86. The molecule has 0 unspecified atom stereocenters. The number of allylic oxidation sites excluding steroid dienone is 1. The molecule has 3 nitrogen and oxygen atoms in total. The number of likely N-dealkylation sites (tertiary alicyclic amines) is 1. The molecule has 1 aliphatic heterocycles. The highest BCUT2D eigenvalue weighted by Crippen LogP contribution is 2.26. The molecule has 28 heavy (non-hydrogen) atoms. The van der Waals surface area contributed by atoms with Crippen LogP contribution in [0.1, 0.15) is 39.9 Å². The van der Waals surface area contributed by atoms with Crippen molar-refractivity contribution in [1.29, 1.82) is 0 Å². The number of carbonyl (C=O) groups is 1. The van der Waals surface area contributed by atoms with Crippen LogP contribution >= 0.6 is 24.0 Å². The number of aryl methyl sites for hydroxylation is 2. The molecule has 0 saturated carbocycles. The predicted octanol–water partition coefficient (Wildman–Crippen LogP) is 5.75. The maximum Gasteiger partial charge on any atom is 0.185 e. The average molecular weight is 420 g/mol. The molecule has 0 spiro atoms. The first-order valence-electron chi connectivity index (χ1n) is 9.48. The van der Waals surface area contributed by atoms with Crippen LogP contribution in [0.3, 0.4) is 0 Å². The standard InChI is InChI=1S/C23H26ClNO2.ClH/c1-17-15-20(22(26)10-9-19-7-3-4-8-21(19)24)16-18(2)23(17)27-14-13-25-11-5-6-12-25;/h3-4,7-10,15-16H,5-6,11-14H2,1-2H3;1H. The van der Waals surface area contributed by atoms with Crippen molar-refractivity contribution >= 4 is 35.9 Å². The zero-order valence-electron chi connectivity index (χ0n) is 16.4. The van der Waals surface area contributed by atoms with Gasteiger partial charge in [0.25, 0.3) is 0 Å². The van der Waals surface area contributed by atoms with Gasteiger partial charge in [0.15, 0.2) is 5.78 Å². The molecule has 0 bridgehead atoms. The quantitative estimate of drug-likeness (QED) is 0.422. The van der Waals surface area contributed by atoms with Crippen molar-refractivity contribution in [2.45, 2.75) is 26.7 Å². The molecule has 1 saturated heterocycles. The van der Waals surface area contributed by atoms with Gasteiger partial charge in [-0.15, -0.1) is 12.4 Å². The summed E-state index contributed by atoms with van der Waals surface area (Å²) in [5.74, 6) is 0.852. The van der Waals surface area contributed by atoms with Gasteiger partial charge in [-0.3, -0.25) is 9.69 Å². The highest BCUT2D eigenvalue weighted by atomic mass is 35.5. The Balaban J connectivity index is 0.00000280. The van der Waals surface area contributed by atoms with E-state index in [1.165, 1.54) is 25.9 Å². The van der Waals surface area contributed by atoms with Gasteiger partial charge >= 0.3 is 0 Å². The van der Waals surface area contributed by atoms with Crippen LogP contribution in [0.15, 0.2) is 42.5 Å². The first-order chi connectivity index (χ1) is 13.0. The van der Waals surface area contributed by atoms with Crippen molar-refractivity contribution in [1.82, 2.24) is 4.90 Å². The van der Waals surface area contributed by atoms with Crippen molar-refractivity contribution < 1.29 is 9.53 Å². The number of ether oxygens (including phenoxy) is 1. The summed E-state index contributed by atoms with van der Waals surface area (Å²) in [6, 6.07) is 11.3. The third kappa shape index (κ3) is 5.84. The van der Waals surface area contributed by atoms with E-state index in [0.29, 0.717) is 17.2 Å². The smallest absolute Gasteiger partial charge is 0.185 e. The number of rotatable bonds is 7. The Bertz CT molecular complexity index is 819. The molecule has 2 aromatic rings. The lowest BCUT2D eigenvalue weighted by Gasteiger charge is -2.17. The van der Waals surface area contributed by atoms with Gasteiger partial charge in [-0.25, -0.2) is 0 Å². The second kappa shape index (κ2) is 10.7. The summed E-state index contributed by atoms with van der Waals surface area (Å²) in [7, 11) is 0. The van der Waals surface area contributed by atoms with E-state index in [9.17, 15) is 4.79 Å². The molecular weight excluding hydrogens is 393 g/mol. The Morgan fingerprint density at radius 3 is 2.43 bits per heavy atom. The molecule has 3 rings (SSSR count). The van der Waals surface area contributed by atoms with Crippen LogP contribution in [-0.2, 0) is 0 Å². The maximum absolute atomic E-state index is 12.6. The highest BCUT2D eigenvalue weighted by Gasteiger charge is 2.13. The van der Waals surface area contributed by atoms with Crippen molar-refractivity contribution in [3.63, 3.8) is 0 Å². The van der Waals surface area contributed by atoms with E-state index in [2.05, 4.69) is 4.90 Å². The fourth-order valence-corrected chi connectivity index (χ4v) is 3.67. The summed E-state index contributed by atoms with van der Waals surface area (Å²) in [6.45, 7) is 7.97. The van der Waals surface area contributed by atoms with Crippen LogP contribution in [0.2, 0.25) is 5.02 Å². The number of hydrogen-bond donors (Lipinski definition) is 0. The number of ketones is 1. The van der Waals surface area contributed by atoms with E-state index in [1.807, 2.05) is 50.2 Å². The second-order valence-electron chi connectivity index (χ2n) is 7.06. The van der Waals surface area contributed by atoms with Crippen molar-refractivity contribution in [2.75, 3.05) is 26.2 Å². The Morgan fingerprint density at radius 1 is 1.14 bits per heavy atom. The van der Waals surface area contributed by atoms with Crippen molar-refractivity contribution in [3.8, 4) is 5.75 Å². The molecule has 0 N–H and O–H groups in total. The van der Waals surface area contributed by atoms with Crippen molar-refractivity contribution in [3.05, 3.63) is 69.8 Å². The summed E-state index contributed by atoms with van der Waals surface area (Å²) in [4.78, 5) is 15.0. The van der Waals surface area contributed by atoms with Gasteiger partial charge in [0, 0.05) is 17.1 Å². The summed E-state index contributed by atoms with van der Waals surface area (Å²) in [5, 5.41) is 0.635. The fraction of sp³-hybridized carbons (Fsp3) is 0.348. The van der Waals surface area contributed by atoms with Crippen LogP contribution in [-0.4, -0.2) is 36.9 Å². The zero-order valence-corrected chi connectivity index (χ0v) is 18.0. The second-order valence-corrected chi connectivity index (χ2v) is 7.46. The average Bonchev–Trinajstić information content (AvgIpc) is 3.16. The Morgan fingerprint density at radius 2 is 1.79 bits per heavy atom. The van der Waals surface area contributed by atoms with Crippen molar-refractivity contribution in [2.24, 2.45) is 0 Å². The summed E-state index contributed by atoms with van der Waals surface area (Å²) >= 11 is 6.14. The van der Waals surface area contributed by atoms with E-state index in [-0.39, 0.29) is 18.2 Å². The molecule has 0 aromatic heterocycles. The monoisotopic (exact) mass is 419 g/mol. The predicted molar refractivity (Wildman–Crippen MR) is 119 cm³/mol. The van der Waals surface area contributed by atoms with Gasteiger partial charge in [-0.2, -0.15) is 0 Å². The van der Waals surface area contributed by atoms with Gasteiger partial charge in [0.05, 0.1) is 0 Å². The molecule has 0 aliphatic carbocycles. The minimum Gasteiger partial charge on any atom is -0.492 e. The van der Waals surface area contributed by atoms with E-state index in [4.69, 9.17) is 16.3 Å². The van der Waals surface area contributed by atoms with Gasteiger partial charge in [0.1, 0.15) is 12.4 Å². The van der Waals surface area contributed by atoms with E-state index >= 15 is 0 Å². The lowest BCUT2D eigenvalue weighted by molar-refractivity contribution is 0.104. The molecule has 0 atom stereocenters. The Hall–Kier alpha value is -1.81. The number of hydrogen-bond acceptors (Lipinski definition) is 3. The van der Waals surface area contributed by atoms with Gasteiger partial charge in [-0.05, 0) is 86.8 Å². The van der Waals surface area contributed by atoms with E-state index < -0.39 is 0 Å². The van der Waals surface area contributed by atoms with Crippen LogP contribution < -0.4 is 4.74 Å². The molecule has 0 radical (unpaired) electrons. The molecule has 150 valence electrons. The molecule has 5 heteroatoms. The molecule has 0 amide bonds. The normalized spacial score (nSPS) is 14.2. The van der Waals surface area contributed by atoms with Crippen LogP contribution in [0.5, 0.6) is 5.75 Å². The number of carbonyl (C=O) groups excluding carboxylic acids is 1. The topological polar surface area (TPSA) is 29.5 Å². The zero-order chi connectivity index (χ0) is 19.2. The molecule has 2 aromatic carbocycles. The number of benzene rings is 2. The highest BCUT2D eigenvalue weighted by molar-refractivity contribution is 6.32. The fourth-order valence-electron chi connectivity index (χ4n) is 3.48. The number of halogens is 2. The lowest BCUT2D eigenvalue weighted by atomic mass is 10.0. The van der Waals surface area contributed by atoms with Gasteiger partial charge in [0.2, 0.25) is 0 Å². The van der Waals surface area contributed by atoms with Crippen LogP contribution in [0, 0.1) is 13.8 Å².